The number of benzene rings is 2. The SMILES string of the molecule is COc1ccc(-n2nc3ccc(-c4ccc(C=O)o4)cc3n2)cc1Cl. The summed E-state index contributed by atoms with van der Waals surface area (Å²) in [5, 5.41) is 9.43. The summed E-state index contributed by atoms with van der Waals surface area (Å²) < 4.78 is 10.6. The van der Waals surface area contributed by atoms with E-state index >= 15 is 0 Å². The molecule has 2 aromatic heterocycles. The number of fused-ring (bicyclic) bond motifs is 1. The van der Waals surface area contributed by atoms with E-state index in [-0.39, 0.29) is 5.76 Å². The first-order valence-corrected chi connectivity index (χ1v) is 7.82. The van der Waals surface area contributed by atoms with Gasteiger partial charge in [-0.1, -0.05) is 11.6 Å². The normalized spacial score (nSPS) is 11.0. The van der Waals surface area contributed by atoms with Gasteiger partial charge in [0.2, 0.25) is 0 Å². The van der Waals surface area contributed by atoms with Crippen molar-refractivity contribution in [2.45, 2.75) is 0 Å². The highest BCUT2D eigenvalue weighted by molar-refractivity contribution is 6.32. The lowest BCUT2D eigenvalue weighted by Gasteiger charge is -2.04. The van der Waals surface area contributed by atoms with Gasteiger partial charge in [0.25, 0.3) is 0 Å². The largest absolute Gasteiger partial charge is 0.495 e. The molecular formula is C18H12ClN3O3. The van der Waals surface area contributed by atoms with Crippen LogP contribution in [-0.2, 0) is 0 Å². The molecule has 0 radical (unpaired) electrons. The van der Waals surface area contributed by atoms with Crippen LogP contribution in [0.1, 0.15) is 10.6 Å². The van der Waals surface area contributed by atoms with Crippen LogP contribution in [0.15, 0.2) is 52.9 Å². The number of ether oxygens (including phenoxy) is 1. The lowest BCUT2D eigenvalue weighted by atomic mass is 10.1. The lowest BCUT2D eigenvalue weighted by molar-refractivity contribution is 0.110. The van der Waals surface area contributed by atoms with E-state index < -0.39 is 0 Å². The predicted molar refractivity (Wildman–Crippen MR) is 93.5 cm³/mol. The molecule has 0 aliphatic heterocycles. The number of furan rings is 1. The van der Waals surface area contributed by atoms with Gasteiger partial charge in [-0.2, -0.15) is 4.80 Å². The van der Waals surface area contributed by atoms with Gasteiger partial charge in [-0.05, 0) is 48.5 Å². The third kappa shape index (κ3) is 2.77. The van der Waals surface area contributed by atoms with Crippen molar-refractivity contribution < 1.29 is 13.9 Å². The zero-order valence-electron chi connectivity index (χ0n) is 13.1. The Morgan fingerprint density at radius 1 is 1.08 bits per heavy atom. The van der Waals surface area contributed by atoms with Gasteiger partial charge in [0, 0.05) is 5.56 Å². The molecule has 0 amide bonds. The van der Waals surface area contributed by atoms with Crippen molar-refractivity contribution in [3.05, 3.63) is 59.3 Å². The summed E-state index contributed by atoms with van der Waals surface area (Å²) in [6.07, 6.45) is 0.672. The van der Waals surface area contributed by atoms with E-state index in [4.69, 9.17) is 20.8 Å². The summed E-state index contributed by atoms with van der Waals surface area (Å²) in [6, 6.07) is 14.3. The molecule has 0 aliphatic carbocycles. The summed E-state index contributed by atoms with van der Waals surface area (Å²) in [7, 11) is 1.56. The monoisotopic (exact) mass is 353 g/mol. The van der Waals surface area contributed by atoms with Crippen LogP contribution in [0.5, 0.6) is 5.75 Å². The molecule has 0 saturated carbocycles. The average Bonchev–Trinajstić information content (AvgIpc) is 3.27. The number of rotatable bonds is 4. The van der Waals surface area contributed by atoms with Crippen LogP contribution in [0.25, 0.3) is 28.0 Å². The van der Waals surface area contributed by atoms with Crippen molar-refractivity contribution in [1.82, 2.24) is 15.0 Å². The minimum Gasteiger partial charge on any atom is -0.495 e. The molecule has 6 nitrogen and oxygen atoms in total. The fraction of sp³-hybridized carbons (Fsp3) is 0.0556. The number of halogens is 1. The number of nitrogens with zero attached hydrogens (tertiary/aromatic N) is 3. The Morgan fingerprint density at radius 2 is 1.92 bits per heavy atom. The Balaban J connectivity index is 1.75. The van der Waals surface area contributed by atoms with Crippen LogP contribution in [-0.4, -0.2) is 28.4 Å². The summed E-state index contributed by atoms with van der Waals surface area (Å²) in [6.45, 7) is 0. The quantitative estimate of drug-likeness (QED) is 0.515. The summed E-state index contributed by atoms with van der Waals surface area (Å²) in [5.74, 6) is 1.48. The Labute approximate surface area is 147 Å². The van der Waals surface area contributed by atoms with Crippen LogP contribution in [0.2, 0.25) is 5.02 Å². The van der Waals surface area contributed by atoms with Crippen LogP contribution >= 0.6 is 11.6 Å². The van der Waals surface area contributed by atoms with Gasteiger partial charge >= 0.3 is 0 Å². The van der Waals surface area contributed by atoms with Crippen LogP contribution < -0.4 is 4.74 Å². The third-order valence-corrected chi connectivity index (χ3v) is 4.07. The maximum atomic E-state index is 10.8. The number of methoxy groups -OCH3 is 1. The second-order valence-corrected chi connectivity index (χ2v) is 5.74. The topological polar surface area (TPSA) is 70.2 Å². The number of carbonyl (C=O) groups excluding carboxylic acids is 1. The highest BCUT2D eigenvalue weighted by Gasteiger charge is 2.10. The van der Waals surface area contributed by atoms with E-state index in [2.05, 4.69) is 10.2 Å². The molecule has 0 bridgehead atoms. The van der Waals surface area contributed by atoms with E-state index in [0.29, 0.717) is 28.3 Å². The van der Waals surface area contributed by atoms with Gasteiger partial charge in [0.15, 0.2) is 12.0 Å². The van der Waals surface area contributed by atoms with Crippen LogP contribution in [0.3, 0.4) is 0 Å². The van der Waals surface area contributed by atoms with Gasteiger partial charge in [-0.25, -0.2) is 0 Å². The standard InChI is InChI=1S/C18H12ClN3O3/c1-24-18-6-3-12(9-14(18)19)22-20-15-5-2-11(8-16(15)21-22)17-7-4-13(10-23)25-17/h2-10H,1H3. The smallest absolute Gasteiger partial charge is 0.185 e. The number of aromatic nitrogens is 3. The number of aldehydes is 1. The average molecular weight is 354 g/mol. The molecule has 0 saturated heterocycles. The number of hydrogen-bond acceptors (Lipinski definition) is 5. The number of hydrogen-bond donors (Lipinski definition) is 0. The van der Waals surface area contributed by atoms with Gasteiger partial charge in [-0.3, -0.25) is 4.79 Å². The van der Waals surface area contributed by atoms with Crippen molar-refractivity contribution in [3.8, 4) is 22.8 Å². The third-order valence-electron chi connectivity index (χ3n) is 3.77. The van der Waals surface area contributed by atoms with Crippen molar-refractivity contribution in [3.63, 3.8) is 0 Å². The van der Waals surface area contributed by atoms with E-state index in [1.54, 1.807) is 31.4 Å². The second kappa shape index (κ2) is 6.07. The molecule has 0 N–H and O–H groups in total. The minimum atomic E-state index is 0.284. The molecule has 25 heavy (non-hydrogen) atoms. The molecule has 2 heterocycles. The summed E-state index contributed by atoms with van der Waals surface area (Å²) in [4.78, 5) is 12.3. The molecule has 124 valence electrons. The zero-order chi connectivity index (χ0) is 17.4. The first-order valence-electron chi connectivity index (χ1n) is 7.44. The Bertz CT molecular complexity index is 1080. The molecule has 2 aromatic carbocycles. The Kier molecular flexibility index (Phi) is 3.74. The highest BCUT2D eigenvalue weighted by atomic mass is 35.5. The first-order chi connectivity index (χ1) is 12.2. The fourth-order valence-electron chi connectivity index (χ4n) is 2.53. The molecule has 4 aromatic rings. The van der Waals surface area contributed by atoms with Gasteiger partial charge in [0.05, 0.1) is 17.8 Å². The predicted octanol–water partition coefficient (Wildman–Crippen LogP) is 4.16. The van der Waals surface area contributed by atoms with E-state index in [9.17, 15) is 4.79 Å². The van der Waals surface area contributed by atoms with E-state index in [0.717, 1.165) is 16.8 Å². The molecule has 0 aliphatic rings. The van der Waals surface area contributed by atoms with Crippen LogP contribution in [0.4, 0.5) is 0 Å². The van der Waals surface area contributed by atoms with Crippen molar-refractivity contribution >= 4 is 28.9 Å². The van der Waals surface area contributed by atoms with E-state index in [1.807, 2.05) is 24.3 Å². The van der Waals surface area contributed by atoms with Crippen molar-refractivity contribution in [1.29, 1.82) is 0 Å². The summed E-state index contributed by atoms with van der Waals surface area (Å²) >= 11 is 6.16. The lowest BCUT2D eigenvalue weighted by Crippen LogP contribution is -1.98. The number of carbonyl (C=O) groups is 1. The van der Waals surface area contributed by atoms with Crippen LogP contribution in [0, 0.1) is 0 Å². The van der Waals surface area contributed by atoms with Gasteiger partial charge < -0.3 is 9.15 Å². The molecule has 0 fully saturated rings. The molecule has 0 spiro atoms. The van der Waals surface area contributed by atoms with E-state index in [1.165, 1.54) is 4.80 Å². The zero-order valence-corrected chi connectivity index (χ0v) is 13.9. The maximum absolute atomic E-state index is 10.8. The van der Waals surface area contributed by atoms with Gasteiger partial charge in [-0.15, -0.1) is 10.2 Å². The molecule has 7 heteroatoms. The Hall–Kier alpha value is -3.12. The summed E-state index contributed by atoms with van der Waals surface area (Å²) in [5.41, 5.74) is 2.98. The van der Waals surface area contributed by atoms with Crippen molar-refractivity contribution in [2.24, 2.45) is 0 Å². The second-order valence-electron chi connectivity index (χ2n) is 5.33. The van der Waals surface area contributed by atoms with Crippen molar-refractivity contribution in [2.75, 3.05) is 7.11 Å². The van der Waals surface area contributed by atoms with Gasteiger partial charge in [0.1, 0.15) is 22.5 Å². The Morgan fingerprint density at radius 3 is 2.64 bits per heavy atom. The minimum absolute atomic E-state index is 0.284. The highest BCUT2D eigenvalue weighted by Crippen LogP contribution is 2.28. The molecule has 0 atom stereocenters. The molecular weight excluding hydrogens is 342 g/mol. The maximum Gasteiger partial charge on any atom is 0.185 e. The first kappa shape index (κ1) is 15.4. The molecule has 0 unspecified atom stereocenters. The fourth-order valence-corrected chi connectivity index (χ4v) is 2.79. The molecule has 4 rings (SSSR count).